The smallest absolute Gasteiger partial charge is 0.160 e. The summed E-state index contributed by atoms with van der Waals surface area (Å²) in [5.74, 6) is 0. The maximum Gasteiger partial charge on any atom is 0.160 e. The number of fused-ring (bicyclic) bond motifs is 18. The Hall–Kier alpha value is -6.84. The van der Waals surface area contributed by atoms with E-state index in [0.29, 0.717) is 0 Å². The highest BCUT2D eigenvalue weighted by Gasteiger charge is 2.26. The molecule has 0 bridgehead atoms. The number of benzene rings is 9. The lowest BCUT2D eigenvalue weighted by Gasteiger charge is -2.14. The first-order chi connectivity index (χ1) is 25.3. The van der Waals surface area contributed by atoms with Gasteiger partial charge in [-0.25, -0.2) is 0 Å². The molecule has 3 aromatic heterocycles. The molecule has 3 nitrogen and oxygen atoms in total. The van der Waals surface area contributed by atoms with Crippen molar-refractivity contribution in [2.24, 2.45) is 0 Å². The zero-order valence-electron chi connectivity index (χ0n) is 27.5. The molecule has 236 valence electrons. The highest BCUT2D eigenvalue weighted by atomic mass is 16.3. The highest BCUT2D eigenvalue weighted by molar-refractivity contribution is 6.44. The minimum atomic E-state index is 0.900. The number of hydrogen-bond donors (Lipinski definition) is 0. The van der Waals surface area contributed by atoms with Gasteiger partial charge in [0.2, 0.25) is 0 Å². The van der Waals surface area contributed by atoms with Crippen LogP contribution in [0.5, 0.6) is 0 Å². The van der Waals surface area contributed by atoms with Gasteiger partial charge in [0, 0.05) is 54.5 Å². The van der Waals surface area contributed by atoms with Crippen LogP contribution in [0.2, 0.25) is 0 Å². The average Bonchev–Trinajstić information content (AvgIpc) is 3.86. The average molecular weight is 649 g/mol. The maximum absolute atomic E-state index is 7.02. The Bertz CT molecular complexity index is 3410. The first-order valence-electron chi connectivity index (χ1n) is 17.5. The van der Waals surface area contributed by atoms with Crippen molar-refractivity contribution in [2.75, 3.05) is 0 Å². The highest BCUT2D eigenvalue weighted by Crippen LogP contribution is 2.50. The molecule has 0 unspecified atom stereocenters. The molecule has 0 atom stereocenters. The molecule has 12 aromatic rings. The summed E-state index contributed by atoms with van der Waals surface area (Å²) in [6.45, 7) is 0. The first-order valence-corrected chi connectivity index (χ1v) is 17.5. The Morgan fingerprint density at radius 1 is 0.314 bits per heavy atom. The number of aromatic nitrogens is 2. The van der Waals surface area contributed by atoms with Crippen molar-refractivity contribution in [3.05, 3.63) is 170 Å². The SMILES string of the molecule is c1ccc(-n2c3ccccc3c3cc(-n4c5ccccc5c5c6c7ccccc7c7ccccc7c6c6c7ccccc7oc6c54)ccc32)cc1. The first kappa shape index (κ1) is 27.0. The van der Waals surface area contributed by atoms with Crippen molar-refractivity contribution in [2.45, 2.75) is 0 Å². The van der Waals surface area contributed by atoms with E-state index >= 15 is 0 Å². The lowest BCUT2D eigenvalue weighted by molar-refractivity contribution is 0.671. The second-order valence-electron chi connectivity index (χ2n) is 13.6. The molecule has 0 amide bonds. The van der Waals surface area contributed by atoms with Crippen molar-refractivity contribution in [1.82, 2.24) is 9.13 Å². The number of furan rings is 1. The molecular weight excluding hydrogens is 621 g/mol. The van der Waals surface area contributed by atoms with E-state index in [4.69, 9.17) is 4.42 Å². The molecule has 3 heterocycles. The van der Waals surface area contributed by atoms with Gasteiger partial charge >= 0.3 is 0 Å². The standard InChI is InChI=1S/C48H28N2O/c1-2-14-29(15-3-1)49-39-23-11-8-18-33(39)38-28-30(26-27-41(38)49)50-40-24-12-9-21-36(40)45-43-34-19-6-4-16-31(34)32-17-5-7-20-35(32)44(43)46-37-22-10-13-25-42(37)51-48(46)47(45)50/h1-28H. The van der Waals surface area contributed by atoms with Crippen LogP contribution >= 0.6 is 0 Å². The second-order valence-corrected chi connectivity index (χ2v) is 13.6. The number of nitrogens with zero attached hydrogens (tertiary/aromatic N) is 2. The summed E-state index contributed by atoms with van der Waals surface area (Å²) in [5, 5.41) is 14.7. The largest absolute Gasteiger partial charge is 0.454 e. The van der Waals surface area contributed by atoms with Crippen LogP contribution in [-0.4, -0.2) is 9.13 Å². The van der Waals surface area contributed by atoms with Gasteiger partial charge in [0.25, 0.3) is 0 Å². The van der Waals surface area contributed by atoms with E-state index < -0.39 is 0 Å². The monoisotopic (exact) mass is 648 g/mol. The van der Waals surface area contributed by atoms with E-state index in [2.05, 4.69) is 179 Å². The molecule has 0 saturated carbocycles. The molecule has 0 aliphatic heterocycles. The van der Waals surface area contributed by atoms with Crippen molar-refractivity contribution < 1.29 is 4.42 Å². The topological polar surface area (TPSA) is 23.0 Å². The van der Waals surface area contributed by atoms with Gasteiger partial charge in [0.1, 0.15) is 5.58 Å². The van der Waals surface area contributed by atoms with Crippen LogP contribution in [0, 0.1) is 0 Å². The van der Waals surface area contributed by atoms with Crippen LogP contribution in [0.15, 0.2) is 174 Å². The summed E-state index contributed by atoms with van der Waals surface area (Å²) >= 11 is 0. The van der Waals surface area contributed by atoms with Gasteiger partial charge in [-0.2, -0.15) is 0 Å². The molecule has 3 heteroatoms. The molecule has 0 fully saturated rings. The molecule has 51 heavy (non-hydrogen) atoms. The van der Waals surface area contributed by atoms with Crippen LogP contribution in [0.25, 0.3) is 109 Å². The van der Waals surface area contributed by atoms with Gasteiger partial charge in [0.15, 0.2) is 5.58 Å². The summed E-state index contributed by atoms with van der Waals surface area (Å²) in [5.41, 5.74) is 8.72. The second kappa shape index (κ2) is 9.87. The maximum atomic E-state index is 7.02. The van der Waals surface area contributed by atoms with Crippen molar-refractivity contribution in [3.8, 4) is 11.4 Å². The van der Waals surface area contributed by atoms with Gasteiger partial charge in [-0.15, -0.1) is 0 Å². The third kappa shape index (κ3) is 3.47. The van der Waals surface area contributed by atoms with Crippen LogP contribution in [0.1, 0.15) is 0 Å². The minimum Gasteiger partial charge on any atom is -0.454 e. The van der Waals surface area contributed by atoms with Gasteiger partial charge in [-0.1, -0.05) is 121 Å². The van der Waals surface area contributed by atoms with Gasteiger partial charge in [0.05, 0.1) is 22.1 Å². The van der Waals surface area contributed by atoms with Crippen LogP contribution in [0.4, 0.5) is 0 Å². The van der Waals surface area contributed by atoms with E-state index in [9.17, 15) is 0 Å². The third-order valence-electron chi connectivity index (χ3n) is 11.0. The third-order valence-corrected chi connectivity index (χ3v) is 11.0. The zero-order valence-corrected chi connectivity index (χ0v) is 27.5. The molecule has 9 aromatic carbocycles. The molecule has 12 rings (SSSR count). The van der Waals surface area contributed by atoms with E-state index in [-0.39, 0.29) is 0 Å². The summed E-state index contributed by atoms with van der Waals surface area (Å²) in [7, 11) is 0. The predicted octanol–water partition coefficient (Wildman–Crippen LogP) is 13.2. The van der Waals surface area contributed by atoms with Gasteiger partial charge in [-0.05, 0) is 70.1 Å². The Kier molecular flexibility index (Phi) is 5.23. The number of para-hydroxylation sites is 4. The summed E-state index contributed by atoms with van der Waals surface area (Å²) in [4.78, 5) is 0. The quantitative estimate of drug-likeness (QED) is 0.171. The summed E-state index contributed by atoms with van der Waals surface area (Å²) in [6, 6.07) is 61.5. The lowest BCUT2D eigenvalue weighted by Crippen LogP contribution is -1.96. The summed E-state index contributed by atoms with van der Waals surface area (Å²) in [6.07, 6.45) is 0. The van der Waals surface area contributed by atoms with Gasteiger partial charge in [-0.3, -0.25) is 0 Å². The number of rotatable bonds is 2. The molecule has 0 radical (unpaired) electrons. The van der Waals surface area contributed by atoms with Crippen molar-refractivity contribution >= 4 is 97.9 Å². The van der Waals surface area contributed by atoms with E-state index in [0.717, 1.165) is 39.0 Å². The van der Waals surface area contributed by atoms with Crippen LogP contribution < -0.4 is 0 Å². The van der Waals surface area contributed by atoms with Crippen molar-refractivity contribution in [1.29, 1.82) is 0 Å². The van der Waals surface area contributed by atoms with Crippen LogP contribution in [0.3, 0.4) is 0 Å². The van der Waals surface area contributed by atoms with Crippen LogP contribution in [-0.2, 0) is 0 Å². The summed E-state index contributed by atoms with van der Waals surface area (Å²) < 4.78 is 11.8. The fourth-order valence-corrected chi connectivity index (χ4v) is 9.05. The molecule has 0 spiro atoms. The Morgan fingerprint density at radius 3 is 1.57 bits per heavy atom. The predicted molar refractivity (Wildman–Crippen MR) is 215 cm³/mol. The van der Waals surface area contributed by atoms with E-state index in [1.165, 1.54) is 70.3 Å². The number of hydrogen-bond acceptors (Lipinski definition) is 1. The Balaban J connectivity index is 1.33. The minimum absolute atomic E-state index is 0.900. The molecule has 0 aliphatic carbocycles. The lowest BCUT2D eigenvalue weighted by atomic mass is 9.89. The molecule has 0 aliphatic rings. The normalized spacial score (nSPS) is 12.3. The van der Waals surface area contributed by atoms with Gasteiger partial charge < -0.3 is 13.6 Å². The Labute approximate surface area is 291 Å². The van der Waals surface area contributed by atoms with E-state index in [1.807, 2.05) is 0 Å². The molecule has 0 saturated heterocycles. The van der Waals surface area contributed by atoms with E-state index in [1.54, 1.807) is 0 Å². The van der Waals surface area contributed by atoms with Crippen molar-refractivity contribution in [3.63, 3.8) is 0 Å². The Morgan fingerprint density at radius 2 is 0.843 bits per heavy atom. The molecule has 0 N–H and O–H groups in total. The molecular formula is C48H28N2O. The fraction of sp³-hybridized carbons (Fsp3) is 0. The fourth-order valence-electron chi connectivity index (χ4n) is 9.05. The zero-order chi connectivity index (χ0) is 33.2.